The molecule has 5 heteroatoms. The Bertz CT molecular complexity index is 395. The molecule has 0 aliphatic carbocycles. The maximum atomic E-state index is 11.7. The lowest BCUT2D eigenvalue weighted by molar-refractivity contribution is -0.122. The number of benzene rings is 1. The first-order valence-corrected chi connectivity index (χ1v) is 7.51. The van der Waals surface area contributed by atoms with Crippen LogP contribution in [-0.4, -0.2) is 38.9 Å². The van der Waals surface area contributed by atoms with E-state index in [2.05, 4.69) is 33.4 Å². The fourth-order valence-electron chi connectivity index (χ4n) is 1.78. The van der Waals surface area contributed by atoms with Crippen LogP contribution in [0.3, 0.4) is 0 Å². The van der Waals surface area contributed by atoms with Crippen LogP contribution in [0.2, 0.25) is 0 Å². The zero-order chi connectivity index (χ0) is 14.8. The number of carbonyl (C=O) groups is 1. The van der Waals surface area contributed by atoms with Crippen LogP contribution in [-0.2, 0) is 20.7 Å². The fraction of sp³-hybridized carbons (Fsp3) is 0.533. The maximum Gasteiger partial charge on any atom is 0.222 e. The van der Waals surface area contributed by atoms with Crippen molar-refractivity contribution in [2.75, 3.05) is 26.9 Å². The summed E-state index contributed by atoms with van der Waals surface area (Å²) in [6, 6.07) is 8.24. The molecule has 1 rings (SSSR count). The predicted octanol–water partition coefficient (Wildman–Crippen LogP) is 2.55. The van der Waals surface area contributed by atoms with E-state index >= 15 is 0 Å². The monoisotopic (exact) mass is 343 g/mol. The Labute approximate surface area is 129 Å². The quantitative estimate of drug-likeness (QED) is 0.701. The molecule has 1 aromatic rings. The summed E-state index contributed by atoms with van der Waals surface area (Å²) in [4.78, 5) is 11.7. The highest BCUT2D eigenvalue weighted by Crippen LogP contribution is 2.11. The standard InChI is InChI=1S/C15H22BrNO3/c1-12(11-13-3-5-14(16)6-4-13)17-15(18)7-8-20-10-9-19-2/h3-6,12H,7-11H2,1-2H3,(H,17,18)/t12-/m0/s1. The maximum absolute atomic E-state index is 11.7. The van der Waals surface area contributed by atoms with Gasteiger partial charge in [-0.1, -0.05) is 28.1 Å². The number of hydrogen-bond donors (Lipinski definition) is 1. The van der Waals surface area contributed by atoms with Crippen molar-refractivity contribution in [1.82, 2.24) is 5.32 Å². The molecule has 0 fully saturated rings. The van der Waals surface area contributed by atoms with E-state index in [1.54, 1.807) is 7.11 Å². The van der Waals surface area contributed by atoms with E-state index in [4.69, 9.17) is 9.47 Å². The molecule has 0 radical (unpaired) electrons. The third-order valence-electron chi connectivity index (χ3n) is 2.77. The van der Waals surface area contributed by atoms with Crippen molar-refractivity contribution in [3.05, 3.63) is 34.3 Å². The van der Waals surface area contributed by atoms with Gasteiger partial charge in [-0.05, 0) is 31.0 Å². The zero-order valence-electron chi connectivity index (χ0n) is 12.0. The van der Waals surface area contributed by atoms with E-state index in [1.807, 2.05) is 19.1 Å². The molecule has 20 heavy (non-hydrogen) atoms. The van der Waals surface area contributed by atoms with Crippen molar-refractivity contribution in [3.8, 4) is 0 Å². The van der Waals surface area contributed by atoms with Gasteiger partial charge in [0.1, 0.15) is 0 Å². The average molecular weight is 344 g/mol. The van der Waals surface area contributed by atoms with Gasteiger partial charge in [-0.15, -0.1) is 0 Å². The molecule has 0 spiro atoms. The third-order valence-corrected chi connectivity index (χ3v) is 3.30. The Hall–Kier alpha value is -0.910. The van der Waals surface area contributed by atoms with Crippen LogP contribution in [0.5, 0.6) is 0 Å². The van der Waals surface area contributed by atoms with E-state index in [0.29, 0.717) is 26.2 Å². The van der Waals surface area contributed by atoms with Gasteiger partial charge in [-0.3, -0.25) is 4.79 Å². The molecular formula is C15H22BrNO3. The molecule has 0 heterocycles. The lowest BCUT2D eigenvalue weighted by Gasteiger charge is -2.14. The van der Waals surface area contributed by atoms with Gasteiger partial charge in [0.2, 0.25) is 5.91 Å². The Morgan fingerprint density at radius 2 is 1.95 bits per heavy atom. The smallest absolute Gasteiger partial charge is 0.222 e. The van der Waals surface area contributed by atoms with Gasteiger partial charge in [-0.2, -0.15) is 0 Å². The summed E-state index contributed by atoms with van der Waals surface area (Å²) >= 11 is 3.41. The Kier molecular flexibility index (Phi) is 8.49. The molecule has 0 aliphatic rings. The molecule has 1 N–H and O–H groups in total. The van der Waals surface area contributed by atoms with Gasteiger partial charge in [0.15, 0.2) is 0 Å². The van der Waals surface area contributed by atoms with Crippen LogP contribution in [0.4, 0.5) is 0 Å². The van der Waals surface area contributed by atoms with Gasteiger partial charge in [0, 0.05) is 24.0 Å². The first-order valence-electron chi connectivity index (χ1n) is 6.72. The minimum Gasteiger partial charge on any atom is -0.382 e. The van der Waals surface area contributed by atoms with Gasteiger partial charge in [0.05, 0.1) is 19.8 Å². The van der Waals surface area contributed by atoms with Crippen molar-refractivity contribution < 1.29 is 14.3 Å². The second-order valence-electron chi connectivity index (χ2n) is 4.65. The molecule has 112 valence electrons. The number of nitrogens with one attached hydrogen (secondary N) is 1. The topological polar surface area (TPSA) is 47.6 Å². The Morgan fingerprint density at radius 1 is 1.25 bits per heavy atom. The summed E-state index contributed by atoms with van der Waals surface area (Å²) < 4.78 is 11.2. The van der Waals surface area contributed by atoms with E-state index < -0.39 is 0 Å². The third kappa shape index (κ3) is 7.62. The van der Waals surface area contributed by atoms with Crippen molar-refractivity contribution in [1.29, 1.82) is 0 Å². The minimum absolute atomic E-state index is 0.0204. The summed E-state index contributed by atoms with van der Waals surface area (Å²) in [5, 5.41) is 2.97. The second-order valence-corrected chi connectivity index (χ2v) is 5.57. The number of hydrogen-bond acceptors (Lipinski definition) is 3. The summed E-state index contributed by atoms with van der Waals surface area (Å²) in [6.07, 6.45) is 1.21. The van der Waals surface area contributed by atoms with Crippen molar-refractivity contribution in [3.63, 3.8) is 0 Å². The summed E-state index contributed by atoms with van der Waals surface area (Å²) in [5.74, 6) is 0.0204. The lowest BCUT2D eigenvalue weighted by atomic mass is 10.1. The summed E-state index contributed by atoms with van der Waals surface area (Å²) in [6.45, 7) is 3.52. The van der Waals surface area contributed by atoms with Crippen LogP contribution in [0.15, 0.2) is 28.7 Å². The van der Waals surface area contributed by atoms with E-state index in [1.165, 1.54) is 5.56 Å². The van der Waals surface area contributed by atoms with E-state index in [-0.39, 0.29) is 11.9 Å². The molecule has 1 atom stereocenters. The van der Waals surface area contributed by atoms with Gasteiger partial charge < -0.3 is 14.8 Å². The number of rotatable bonds is 9. The van der Waals surface area contributed by atoms with Crippen LogP contribution in [0, 0.1) is 0 Å². The molecule has 0 aliphatic heterocycles. The molecular weight excluding hydrogens is 322 g/mol. The van der Waals surface area contributed by atoms with E-state index in [0.717, 1.165) is 10.9 Å². The molecule has 1 aromatic carbocycles. The molecule has 0 saturated heterocycles. The number of ether oxygens (including phenoxy) is 2. The normalized spacial score (nSPS) is 12.2. The van der Waals surface area contributed by atoms with Crippen molar-refractivity contribution >= 4 is 21.8 Å². The lowest BCUT2D eigenvalue weighted by Crippen LogP contribution is -2.34. The highest BCUT2D eigenvalue weighted by molar-refractivity contribution is 9.10. The number of halogens is 1. The minimum atomic E-state index is 0.0204. The number of carbonyl (C=O) groups excluding carboxylic acids is 1. The molecule has 0 aromatic heterocycles. The first kappa shape index (κ1) is 17.1. The van der Waals surface area contributed by atoms with Crippen molar-refractivity contribution in [2.24, 2.45) is 0 Å². The highest BCUT2D eigenvalue weighted by Gasteiger charge is 2.08. The second kappa shape index (κ2) is 9.91. The van der Waals surface area contributed by atoms with Gasteiger partial charge >= 0.3 is 0 Å². The van der Waals surface area contributed by atoms with E-state index in [9.17, 15) is 4.79 Å². The van der Waals surface area contributed by atoms with Crippen LogP contribution in [0.25, 0.3) is 0 Å². The largest absolute Gasteiger partial charge is 0.382 e. The SMILES string of the molecule is COCCOCCC(=O)N[C@@H](C)Cc1ccc(Br)cc1. The van der Waals surface area contributed by atoms with Crippen molar-refractivity contribution in [2.45, 2.75) is 25.8 Å². The summed E-state index contributed by atoms with van der Waals surface area (Å²) in [7, 11) is 1.62. The molecule has 4 nitrogen and oxygen atoms in total. The first-order chi connectivity index (χ1) is 9.61. The summed E-state index contributed by atoms with van der Waals surface area (Å²) in [5.41, 5.74) is 1.21. The molecule has 0 saturated carbocycles. The van der Waals surface area contributed by atoms with Gasteiger partial charge in [0.25, 0.3) is 0 Å². The Morgan fingerprint density at radius 3 is 2.60 bits per heavy atom. The van der Waals surface area contributed by atoms with Gasteiger partial charge in [-0.25, -0.2) is 0 Å². The molecule has 0 bridgehead atoms. The number of methoxy groups -OCH3 is 1. The fourth-order valence-corrected chi connectivity index (χ4v) is 2.05. The van der Waals surface area contributed by atoms with Crippen LogP contribution in [0.1, 0.15) is 18.9 Å². The molecule has 0 unspecified atom stereocenters. The predicted molar refractivity (Wildman–Crippen MR) is 82.8 cm³/mol. The number of amides is 1. The van der Waals surface area contributed by atoms with Crippen LogP contribution < -0.4 is 5.32 Å². The Balaban J connectivity index is 2.19. The van der Waals surface area contributed by atoms with Crippen LogP contribution >= 0.6 is 15.9 Å². The zero-order valence-corrected chi connectivity index (χ0v) is 13.6. The molecule has 1 amide bonds. The highest BCUT2D eigenvalue weighted by atomic mass is 79.9. The average Bonchev–Trinajstić information content (AvgIpc) is 2.41.